The molecule has 2 fully saturated rings. The average Bonchev–Trinajstić information content (AvgIpc) is 2.51. The summed E-state index contributed by atoms with van der Waals surface area (Å²) in [6, 6.07) is 0. The Morgan fingerprint density at radius 3 is 1.09 bits per heavy atom. The summed E-state index contributed by atoms with van der Waals surface area (Å²) in [6.07, 6.45) is 5.21. The van der Waals surface area contributed by atoms with E-state index in [9.17, 15) is 19.8 Å². The van der Waals surface area contributed by atoms with Crippen LogP contribution in [0.4, 0.5) is 0 Å². The van der Waals surface area contributed by atoms with E-state index in [1.54, 1.807) is 0 Å². The maximum absolute atomic E-state index is 12.1. The molecule has 0 aliphatic carbocycles. The van der Waals surface area contributed by atoms with Crippen LogP contribution in [0.1, 0.15) is 107 Å². The van der Waals surface area contributed by atoms with Crippen molar-refractivity contribution in [1.82, 2.24) is 10.6 Å². The molecule has 2 aliphatic rings. The van der Waals surface area contributed by atoms with Gasteiger partial charge in [0.05, 0.1) is 0 Å². The van der Waals surface area contributed by atoms with Gasteiger partial charge < -0.3 is 20.8 Å². The van der Waals surface area contributed by atoms with Crippen LogP contribution in [0.5, 0.6) is 0 Å². The lowest BCUT2D eigenvalue weighted by Crippen LogP contribution is -2.56. The highest BCUT2D eigenvalue weighted by Gasteiger charge is 2.38. The molecule has 2 heterocycles. The van der Waals surface area contributed by atoms with E-state index < -0.39 is 11.9 Å². The first-order chi connectivity index (χ1) is 14.4. The van der Waals surface area contributed by atoms with Crippen molar-refractivity contribution >= 4 is 11.9 Å². The van der Waals surface area contributed by atoms with Crippen molar-refractivity contribution in [1.29, 1.82) is 0 Å². The third kappa shape index (κ3) is 7.45. The number of carboxylic acids is 2. The lowest BCUT2D eigenvalue weighted by Gasteiger charge is -2.44. The third-order valence-electron chi connectivity index (χ3n) is 6.45. The lowest BCUT2D eigenvalue weighted by atomic mass is 9.76. The van der Waals surface area contributed by atoms with Gasteiger partial charge in [0, 0.05) is 33.3 Å². The van der Waals surface area contributed by atoms with Crippen molar-refractivity contribution in [2.75, 3.05) is 0 Å². The first-order valence-corrected chi connectivity index (χ1v) is 11.9. The molecule has 0 aromatic carbocycles. The molecule has 0 saturated carbocycles. The molecular formula is C26H44N2O4. The molecule has 0 bridgehead atoms. The fourth-order valence-electron chi connectivity index (χ4n) is 6.17. The topological polar surface area (TPSA) is 98.7 Å². The Balaban J connectivity index is 2.13. The van der Waals surface area contributed by atoms with Crippen LogP contribution in [0.15, 0.2) is 22.3 Å². The van der Waals surface area contributed by atoms with Gasteiger partial charge in [-0.25, -0.2) is 9.59 Å². The largest absolute Gasteiger partial charge is 0.478 e. The fraction of sp³-hybridized carbons (Fsp3) is 0.769. The maximum atomic E-state index is 12.1. The van der Waals surface area contributed by atoms with E-state index in [0.29, 0.717) is 36.8 Å². The Hall–Kier alpha value is -1.66. The van der Waals surface area contributed by atoms with Gasteiger partial charge >= 0.3 is 11.9 Å². The number of nitrogens with one attached hydrogen (secondary N) is 2. The van der Waals surface area contributed by atoms with Crippen LogP contribution in [-0.4, -0.2) is 44.3 Å². The van der Waals surface area contributed by atoms with Crippen molar-refractivity contribution in [3.8, 4) is 0 Å². The molecule has 2 aliphatic heterocycles. The van der Waals surface area contributed by atoms with Gasteiger partial charge in [0.15, 0.2) is 0 Å². The lowest BCUT2D eigenvalue weighted by molar-refractivity contribution is -0.134. The highest BCUT2D eigenvalue weighted by molar-refractivity contribution is 5.88. The Kier molecular flexibility index (Phi) is 7.73. The molecule has 0 unspecified atom stereocenters. The van der Waals surface area contributed by atoms with Crippen molar-refractivity contribution in [3.63, 3.8) is 0 Å². The number of piperidine rings is 2. The van der Waals surface area contributed by atoms with Gasteiger partial charge in [0.2, 0.25) is 0 Å². The monoisotopic (exact) mass is 448 g/mol. The number of hydrogen-bond donors (Lipinski definition) is 4. The van der Waals surface area contributed by atoms with Gasteiger partial charge in [-0.2, -0.15) is 0 Å². The summed E-state index contributed by atoms with van der Waals surface area (Å²) >= 11 is 0. The van der Waals surface area contributed by atoms with Crippen LogP contribution in [0, 0.1) is 0 Å². The zero-order valence-electron chi connectivity index (χ0n) is 21.4. The fourth-order valence-corrected chi connectivity index (χ4v) is 6.17. The maximum Gasteiger partial charge on any atom is 0.331 e. The van der Waals surface area contributed by atoms with Gasteiger partial charge in [-0.15, -0.1) is 0 Å². The van der Waals surface area contributed by atoms with Gasteiger partial charge in [-0.05, 0) is 107 Å². The quantitative estimate of drug-likeness (QED) is 0.316. The molecule has 0 atom stereocenters. The number of carbonyl (C=O) groups is 2. The third-order valence-corrected chi connectivity index (χ3v) is 6.45. The van der Waals surface area contributed by atoms with Gasteiger partial charge in [-0.3, -0.25) is 0 Å². The van der Waals surface area contributed by atoms with E-state index in [1.165, 1.54) is 0 Å². The summed E-state index contributed by atoms with van der Waals surface area (Å²) in [5, 5.41) is 27.0. The van der Waals surface area contributed by atoms with Gasteiger partial charge in [0.1, 0.15) is 0 Å². The summed E-state index contributed by atoms with van der Waals surface area (Å²) in [5.41, 5.74) is 2.48. The van der Waals surface area contributed by atoms with Crippen molar-refractivity contribution in [3.05, 3.63) is 22.3 Å². The van der Waals surface area contributed by atoms with Crippen LogP contribution in [0.25, 0.3) is 0 Å². The van der Waals surface area contributed by atoms with Gasteiger partial charge in [0.25, 0.3) is 0 Å². The minimum atomic E-state index is -0.841. The summed E-state index contributed by atoms with van der Waals surface area (Å²) in [7, 11) is 0. The molecular weight excluding hydrogens is 404 g/mol. The van der Waals surface area contributed by atoms with Crippen LogP contribution in [0.2, 0.25) is 0 Å². The first kappa shape index (κ1) is 26.6. The Morgan fingerprint density at radius 1 is 0.625 bits per heavy atom. The van der Waals surface area contributed by atoms with Crippen LogP contribution < -0.4 is 10.6 Å². The van der Waals surface area contributed by atoms with E-state index in [1.807, 2.05) is 0 Å². The molecule has 0 aromatic heterocycles. The summed E-state index contributed by atoms with van der Waals surface area (Å²) in [5.74, 6) is -1.68. The molecule has 6 nitrogen and oxygen atoms in total. The normalized spacial score (nSPS) is 23.5. The molecule has 2 saturated heterocycles. The van der Waals surface area contributed by atoms with Gasteiger partial charge in [-0.1, -0.05) is 11.1 Å². The zero-order chi connectivity index (χ0) is 24.5. The summed E-state index contributed by atoms with van der Waals surface area (Å²) in [6.45, 7) is 16.9. The molecule has 182 valence electrons. The highest BCUT2D eigenvalue weighted by Crippen LogP contribution is 2.37. The number of rotatable bonds is 7. The van der Waals surface area contributed by atoms with E-state index >= 15 is 0 Å². The second-order valence-corrected chi connectivity index (χ2v) is 12.5. The Morgan fingerprint density at radius 2 is 0.875 bits per heavy atom. The molecule has 0 amide bonds. The molecule has 4 N–H and O–H groups in total. The minimum absolute atomic E-state index is 0.146. The van der Waals surface area contributed by atoms with E-state index in [0.717, 1.165) is 36.8 Å². The van der Waals surface area contributed by atoms with Crippen LogP contribution in [0.3, 0.4) is 0 Å². The number of unbranched alkanes of at least 4 members (excludes halogenated alkanes) is 1. The first-order valence-electron chi connectivity index (χ1n) is 11.9. The molecule has 32 heavy (non-hydrogen) atoms. The minimum Gasteiger partial charge on any atom is -0.478 e. The number of aliphatic carboxylic acids is 2. The van der Waals surface area contributed by atoms with Crippen molar-refractivity contribution in [2.45, 2.75) is 129 Å². The van der Waals surface area contributed by atoms with E-state index in [-0.39, 0.29) is 22.2 Å². The molecule has 6 heteroatoms. The Labute approximate surface area is 193 Å². The van der Waals surface area contributed by atoms with Crippen LogP contribution >= 0.6 is 0 Å². The van der Waals surface area contributed by atoms with Crippen molar-refractivity contribution < 1.29 is 19.8 Å². The number of carboxylic acid groups (broad SMARTS) is 2. The smallest absolute Gasteiger partial charge is 0.331 e. The predicted octanol–water partition coefficient (Wildman–Crippen LogP) is 5.19. The molecule has 0 aromatic rings. The second kappa shape index (κ2) is 9.30. The average molecular weight is 449 g/mol. The van der Waals surface area contributed by atoms with E-state index in [4.69, 9.17) is 0 Å². The summed E-state index contributed by atoms with van der Waals surface area (Å²) in [4.78, 5) is 24.1. The molecule has 2 rings (SSSR count). The van der Waals surface area contributed by atoms with Crippen molar-refractivity contribution in [2.24, 2.45) is 0 Å². The SMILES string of the molecule is CC1(C)CC(=C(CCCCC(C(=O)O)=C2CC(C)(C)NC(C)(C)C2)C(=O)O)CC(C)(C)N1. The highest BCUT2D eigenvalue weighted by atomic mass is 16.4. The molecule has 0 spiro atoms. The standard InChI is InChI=1S/C26H44N2O4/c1-23(2)13-17(14-24(3,4)27-23)19(21(29)30)11-9-10-12-20(22(31)32)18-15-25(5,6)28-26(7,8)16-18/h27-28H,9-16H2,1-8H3,(H,29,30)(H,31,32). The molecule has 0 radical (unpaired) electrons. The predicted molar refractivity (Wildman–Crippen MR) is 129 cm³/mol. The zero-order valence-corrected chi connectivity index (χ0v) is 21.4. The number of hydrogen-bond acceptors (Lipinski definition) is 4. The summed E-state index contributed by atoms with van der Waals surface area (Å²) < 4.78 is 0. The second-order valence-electron chi connectivity index (χ2n) is 12.5. The Bertz CT molecular complexity index is 712. The van der Waals surface area contributed by atoms with E-state index in [2.05, 4.69) is 66.0 Å². The van der Waals surface area contributed by atoms with Crippen LogP contribution in [-0.2, 0) is 9.59 Å².